The van der Waals surface area contributed by atoms with E-state index in [-0.39, 0.29) is 11.9 Å². The second-order valence-electron chi connectivity index (χ2n) is 6.97. The third-order valence-corrected chi connectivity index (χ3v) is 5.52. The first-order chi connectivity index (χ1) is 11.5. The van der Waals surface area contributed by atoms with Crippen molar-refractivity contribution in [1.82, 2.24) is 4.90 Å². The van der Waals surface area contributed by atoms with E-state index in [0.717, 1.165) is 25.2 Å². The zero-order chi connectivity index (χ0) is 16.8. The summed E-state index contributed by atoms with van der Waals surface area (Å²) in [5, 5.41) is 0.654. The highest BCUT2D eigenvalue weighted by molar-refractivity contribution is 6.30. The van der Waals surface area contributed by atoms with E-state index in [4.69, 9.17) is 11.6 Å². The molecule has 1 saturated heterocycles. The molecule has 4 rings (SSSR count). The van der Waals surface area contributed by atoms with Crippen LogP contribution in [0.1, 0.15) is 33.8 Å². The second kappa shape index (κ2) is 5.91. The molecule has 2 aliphatic heterocycles. The number of anilines is 1. The number of carbonyl (C=O) groups is 1. The van der Waals surface area contributed by atoms with E-state index >= 15 is 0 Å². The molecule has 0 bridgehead atoms. The monoisotopic (exact) mass is 340 g/mol. The van der Waals surface area contributed by atoms with Gasteiger partial charge in [-0.25, -0.2) is 0 Å². The molecule has 0 unspecified atom stereocenters. The maximum Gasteiger partial charge on any atom is 0.258 e. The zero-order valence-electron chi connectivity index (χ0n) is 14.0. The largest absolute Gasteiger partial charge is 0.306 e. The summed E-state index contributed by atoms with van der Waals surface area (Å²) in [5.41, 5.74) is 4.34. The lowest BCUT2D eigenvalue weighted by molar-refractivity contribution is 0.0964. The number of hydrogen-bond donors (Lipinski definition) is 0. The van der Waals surface area contributed by atoms with Gasteiger partial charge in [-0.3, -0.25) is 4.79 Å². The number of piperidine rings is 1. The summed E-state index contributed by atoms with van der Waals surface area (Å²) in [6.07, 6.45) is 1.01. The Morgan fingerprint density at radius 3 is 2.67 bits per heavy atom. The fraction of sp³-hybridized carbons (Fsp3) is 0.350. The van der Waals surface area contributed by atoms with Gasteiger partial charge in [0.05, 0.1) is 0 Å². The summed E-state index contributed by atoms with van der Waals surface area (Å²) >= 11 is 5.97. The van der Waals surface area contributed by atoms with Gasteiger partial charge in [0.15, 0.2) is 0 Å². The third kappa shape index (κ3) is 2.52. The first-order valence-electron chi connectivity index (χ1n) is 8.43. The molecule has 0 aliphatic carbocycles. The molecule has 2 atom stereocenters. The first-order valence-corrected chi connectivity index (χ1v) is 8.80. The van der Waals surface area contributed by atoms with Gasteiger partial charge in [-0.05, 0) is 62.8 Å². The third-order valence-electron chi connectivity index (χ3n) is 5.26. The fourth-order valence-corrected chi connectivity index (χ4v) is 4.20. The molecule has 0 aromatic heterocycles. The number of rotatable bonds is 1. The minimum absolute atomic E-state index is 0.0776. The number of fused-ring (bicyclic) bond motifs is 3. The van der Waals surface area contributed by atoms with Gasteiger partial charge in [0, 0.05) is 34.8 Å². The summed E-state index contributed by atoms with van der Waals surface area (Å²) in [4.78, 5) is 17.6. The Bertz CT molecular complexity index is 787. The number of amides is 1. The molecule has 0 N–H and O–H groups in total. The highest BCUT2D eigenvalue weighted by Crippen LogP contribution is 2.45. The average molecular weight is 341 g/mol. The van der Waals surface area contributed by atoms with Crippen LogP contribution in [-0.4, -0.2) is 37.0 Å². The van der Waals surface area contributed by atoms with Gasteiger partial charge in [0.25, 0.3) is 5.91 Å². The highest BCUT2D eigenvalue weighted by atomic mass is 35.5. The number of likely N-dealkylation sites (N-methyl/N-ethyl adjacent to an activating group) is 1. The number of nitrogens with zero attached hydrogens (tertiary/aromatic N) is 2. The predicted molar refractivity (Wildman–Crippen MR) is 98.1 cm³/mol. The summed E-state index contributed by atoms with van der Waals surface area (Å²) in [6, 6.07) is 13.9. The Morgan fingerprint density at radius 2 is 1.92 bits per heavy atom. The fourth-order valence-electron chi connectivity index (χ4n) is 4.08. The molecule has 2 aromatic rings. The van der Waals surface area contributed by atoms with Crippen molar-refractivity contribution in [2.24, 2.45) is 0 Å². The number of hydrogen-bond acceptors (Lipinski definition) is 2. The van der Waals surface area contributed by atoms with Crippen molar-refractivity contribution in [2.45, 2.75) is 25.3 Å². The van der Waals surface area contributed by atoms with Crippen LogP contribution in [-0.2, 0) is 0 Å². The van der Waals surface area contributed by atoms with Gasteiger partial charge in [0.1, 0.15) is 0 Å². The molecule has 2 aliphatic rings. The quantitative estimate of drug-likeness (QED) is 0.780. The Hall–Kier alpha value is -1.84. The van der Waals surface area contributed by atoms with Crippen molar-refractivity contribution in [3.05, 3.63) is 64.2 Å². The van der Waals surface area contributed by atoms with Crippen molar-refractivity contribution < 1.29 is 4.79 Å². The van der Waals surface area contributed by atoms with Crippen LogP contribution in [0.5, 0.6) is 0 Å². The molecule has 24 heavy (non-hydrogen) atoms. The highest BCUT2D eigenvalue weighted by Gasteiger charge is 2.43. The van der Waals surface area contributed by atoms with Gasteiger partial charge in [-0.15, -0.1) is 0 Å². The van der Waals surface area contributed by atoms with Crippen LogP contribution in [0.3, 0.4) is 0 Å². The molecule has 2 aromatic carbocycles. The van der Waals surface area contributed by atoms with Crippen molar-refractivity contribution in [3.63, 3.8) is 0 Å². The number of benzene rings is 2. The van der Waals surface area contributed by atoms with E-state index < -0.39 is 0 Å². The first kappa shape index (κ1) is 15.7. The molecule has 2 heterocycles. The molecule has 0 radical (unpaired) electrons. The van der Waals surface area contributed by atoms with E-state index in [1.54, 1.807) is 12.1 Å². The second-order valence-corrected chi connectivity index (χ2v) is 7.41. The van der Waals surface area contributed by atoms with Crippen LogP contribution in [0.4, 0.5) is 5.69 Å². The smallest absolute Gasteiger partial charge is 0.258 e. The molecule has 124 valence electrons. The Morgan fingerprint density at radius 1 is 1.17 bits per heavy atom. The van der Waals surface area contributed by atoms with Crippen LogP contribution < -0.4 is 4.90 Å². The topological polar surface area (TPSA) is 23.6 Å². The van der Waals surface area contributed by atoms with E-state index in [1.807, 2.05) is 17.0 Å². The number of carbonyl (C=O) groups excluding carboxylic acids is 1. The SMILES string of the molecule is Cc1ccc2c(c1)[C@H]1CN(C)CC[C@H]1N2C(=O)c1ccc(Cl)cc1. The normalized spacial score (nSPS) is 23.0. The maximum atomic E-state index is 13.2. The Balaban J connectivity index is 1.77. The Kier molecular flexibility index (Phi) is 3.86. The van der Waals surface area contributed by atoms with Gasteiger partial charge in [-0.1, -0.05) is 29.3 Å². The zero-order valence-corrected chi connectivity index (χ0v) is 14.8. The van der Waals surface area contributed by atoms with Crippen molar-refractivity contribution >= 4 is 23.2 Å². The van der Waals surface area contributed by atoms with E-state index in [9.17, 15) is 4.79 Å². The van der Waals surface area contributed by atoms with Crippen LogP contribution in [0.25, 0.3) is 0 Å². The van der Waals surface area contributed by atoms with Crippen molar-refractivity contribution in [2.75, 3.05) is 25.0 Å². The van der Waals surface area contributed by atoms with E-state index in [0.29, 0.717) is 16.5 Å². The van der Waals surface area contributed by atoms with Crippen LogP contribution in [0, 0.1) is 6.92 Å². The lowest BCUT2D eigenvalue weighted by atomic mass is 9.88. The van der Waals surface area contributed by atoms with E-state index in [1.165, 1.54) is 11.1 Å². The lowest BCUT2D eigenvalue weighted by Crippen LogP contribution is -2.47. The summed E-state index contributed by atoms with van der Waals surface area (Å²) < 4.78 is 0. The minimum atomic E-state index is 0.0776. The predicted octanol–water partition coefficient (Wildman–Crippen LogP) is 4.10. The molecule has 0 saturated carbocycles. The Labute approximate surface area is 147 Å². The molecular weight excluding hydrogens is 320 g/mol. The minimum Gasteiger partial charge on any atom is -0.306 e. The molecule has 1 amide bonds. The van der Waals surface area contributed by atoms with Crippen LogP contribution in [0.15, 0.2) is 42.5 Å². The molecule has 3 nitrogen and oxygen atoms in total. The molecule has 1 fully saturated rings. The number of halogens is 1. The lowest BCUT2D eigenvalue weighted by Gasteiger charge is -2.36. The molecule has 4 heteroatoms. The number of likely N-dealkylation sites (tertiary alicyclic amines) is 1. The molecule has 0 spiro atoms. The molecular formula is C20H21ClN2O. The summed E-state index contributed by atoms with van der Waals surface area (Å²) in [6.45, 7) is 4.15. The van der Waals surface area contributed by atoms with Crippen LogP contribution in [0.2, 0.25) is 5.02 Å². The maximum absolute atomic E-state index is 13.2. The standard InChI is InChI=1S/C20H21ClN2O/c1-13-3-8-18-16(11-13)17-12-22(2)10-9-19(17)23(18)20(24)14-4-6-15(21)7-5-14/h3-8,11,17,19H,9-10,12H2,1-2H3/t17-,19-/m1/s1. The number of aryl methyl sites for hydroxylation is 1. The van der Waals surface area contributed by atoms with Gasteiger partial charge in [0.2, 0.25) is 0 Å². The summed E-state index contributed by atoms with van der Waals surface area (Å²) in [5.74, 6) is 0.476. The van der Waals surface area contributed by atoms with Crippen LogP contribution >= 0.6 is 11.6 Å². The van der Waals surface area contributed by atoms with Crippen molar-refractivity contribution in [1.29, 1.82) is 0 Å². The van der Waals surface area contributed by atoms with Gasteiger partial charge >= 0.3 is 0 Å². The van der Waals surface area contributed by atoms with Crippen molar-refractivity contribution in [3.8, 4) is 0 Å². The van der Waals surface area contributed by atoms with Gasteiger partial charge in [-0.2, -0.15) is 0 Å². The average Bonchev–Trinajstić information content (AvgIpc) is 2.88. The summed E-state index contributed by atoms with van der Waals surface area (Å²) in [7, 11) is 2.16. The van der Waals surface area contributed by atoms with Gasteiger partial charge < -0.3 is 9.80 Å². The van der Waals surface area contributed by atoms with E-state index in [2.05, 4.69) is 37.1 Å².